The van der Waals surface area contributed by atoms with E-state index in [-0.39, 0.29) is 5.97 Å². The lowest BCUT2D eigenvalue weighted by atomic mass is 10.1. The summed E-state index contributed by atoms with van der Waals surface area (Å²) < 4.78 is 12.6. The fraction of sp³-hybridized carbons (Fsp3) is 0.188. The van der Waals surface area contributed by atoms with E-state index in [1.54, 1.807) is 13.2 Å². The molecule has 0 unspecified atom stereocenters. The van der Waals surface area contributed by atoms with Crippen LogP contribution in [0.15, 0.2) is 42.5 Å². The van der Waals surface area contributed by atoms with E-state index in [4.69, 9.17) is 9.47 Å². The maximum atomic E-state index is 11.3. The number of hydrogen-bond acceptors (Lipinski definition) is 3. The summed E-state index contributed by atoms with van der Waals surface area (Å²) >= 11 is 0. The van der Waals surface area contributed by atoms with Crippen molar-refractivity contribution in [2.45, 2.75) is 13.7 Å². The van der Waals surface area contributed by atoms with E-state index in [1.165, 1.54) is 6.92 Å². The first kappa shape index (κ1) is 12.7. The van der Waals surface area contributed by atoms with E-state index >= 15 is 0 Å². The first-order valence-electron chi connectivity index (χ1n) is 6.39. The van der Waals surface area contributed by atoms with Crippen LogP contribution >= 0.6 is 0 Å². The van der Waals surface area contributed by atoms with E-state index < -0.39 is 0 Å². The van der Waals surface area contributed by atoms with Crippen LogP contribution in [0, 0.1) is 0 Å². The van der Waals surface area contributed by atoms with Crippen molar-refractivity contribution in [2.24, 2.45) is 0 Å². The van der Waals surface area contributed by atoms with Crippen molar-refractivity contribution in [1.29, 1.82) is 0 Å². The summed E-state index contributed by atoms with van der Waals surface area (Å²) in [6.45, 7) is 1.81. The largest absolute Gasteiger partial charge is 0.424 e. The van der Waals surface area contributed by atoms with Crippen molar-refractivity contribution in [3.05, 3.63) is 42.5 Å². The lowest BCUT2D eigenvalue weighted by Crippen LogP contribution is -2.05. The summed E-state index contributed by atoms with van der Waals surface area (Å²) in [7, 11) is 1.65. The molecule has 0 fully saturated rings. The number of benzene rings is 2. The molecule has 0 aliphatic rings. The maximum Gasteiger partial charge on any atom is 0.308 e. The Morgan fingerprint density at radius 3 is 2.60 bits per heavy atom. The molecule has 20 heavy (non-hydrogen) atoms. The van der Waals surface area contributed by atoms with Crippen molar-refractivity contribution in [1.82, 2.24) is 4.57 Å². The normalized spacial score (nSPS) is 11.1. The zero-order valence-electron chi connectivity index (χ0n) is 11.4. The maximum absolute atomic E-state index is 11.3. The van der Waals surface area contributed by atoms with E-state index in [0.29, 0.717) is 12.5 Å². The number of rotatable bonds is 3. The number of nitrogens with zero attached hydrogens (tertiary/aromatic N) is 1. The van der Waals surface area contributed by atoms with Crippen molar-refractivity contribution >= 4 is 27.8 Å². The van der Waals surface area contributed by atoms with Gasteiger partial charge in [0.2, 0.25) is 0 Å². The molecule has 0 N–H and O–H groups in total. The molecule has 1 heterocycles. The molecule has 0 saturated heterocycles. The Balaban J connectivity index is 2.40. The number of aromatic nitrogens is 1. The minimum absolute atomic E-state index is 0.327. The Labute approximate surface area is 116 Å². The van der Waals surface area contributed by atoms with Gasteiger partial charge in [-0.05, 0) is 12.1 Å². The molecule has 0 atom stereocenters. The minimum Gasteiger partial charge on any atom is -0.424 e. The van der Waals surface area contributed by atoms with Crippen molar-refractivity contribution in [2.75, 3.05) is 7.11 Å². The lowest BCUT2D eigenvalue weighted by Gasteiger charge is -2.09. The van der Waals surface area contributed by atoms with Gasteiger partial charge in [-0.15, -0.1) is 0 Å². The van der Waals surface area contributed by atoms with Gasteiger partial charge in [0.05, 0.1) is 11.0 Å². The fourth-order valence-electron chi connectivity index (χ4n) is 2.58. The average Bonchev–Trinajstić information content (AvgIpc) is 2.75. The quantitative estimate of drug-likeness (QED) is 0.541. The van der Waals surface area contributed by atoms with E-state index in [1.807, 2.05) is 34.9 Å². The predicted molar refractivity (Wildman–Crippen MR) is 77.8 cm³/mol. The van der Waals surface area contributed by atoms with Crippen LogP contribution in [0.3, 0.4) is 0 Å². The van der Waals surface area contributed by atoms with Gasteiger partial charge in [-0.1, -0.05) is 30.3 Å². The van der Waals surface area contributed by atoms with Gasteiger partial charge < -0.3 is 14.0 Å². The van der Waals surface area contributed by atoms with Crippen LogP contribution in [0.4, 0.5) is 0 Å². The molecule has 0 aliphatic heterocycles. The van der Waals surface area contributed by atoms with Crippen molar-refractivity contribution < 1.29 is 14.3 Å². The van der Waals surface area contributed by atoms with E-state index in [0.717, 1.165) is 21.8 Å². The third kappa shape index (κ3) is 1.94. The third-order valence-electron chi connectivity index (χ3n) is 3.27. The number of methoxy groups -OCH3 is 1. The molecule has 1 aromatic heterocycles. The second-order valence-corrected chi connectivity index (χ2v) is 4.61. The Morgan fingerprint density at radius 2 is 1.85 bits per heavy atom. The highest BCUT2D eigenvalue weighted by Crippen LogP contribution is 2.34. The highest BCUT2D eigenvalue weighted by Gasteiger charge is 2.15. The zero-order valence-corrected chi connectivity index (χ0v) is 11.4. The molecule has 102 valence electrons. The number of hydrogen-bond donors (Lipinski definition) is 0. The molecule has 0 radical (unpaired) electrons. The smallest absolute Gasteiger partial charge is 0.308 e. The fourth-order valence-corrected chi connectivity index (χ4v) is 2.58. The summed E-state index contributed by atoms with van der Waals surface area (Å²) in [6.07, 6.45) is 0. The number of carbonyl (C=O) groups excluding carboxylic acids is 1. The molecule has 4 nitrogen and oxygen atoms in total. The molecule has 3 aromatic rings. The summed E-state index contributed by atoms with van der Waals surface area (Å²) in [6, 6.07) is 13.8. The van der Waals surface area contributed by atoms with Crippen LogP contribution in [0.5, 0.6) is 5.75 Å². The topological polar surface area (TPSA) is 40.5 Å². The van der Waals surface area contributed by atoms with Crippen molar-refractivity contribution in [3.8, 4) is 5.75 Å². The molecule has 3 rings (SSSR count). The molecule has 0 spiro atoms. The van der Waals surface area contributed by atoms with Gasteiger partial charge in [0.1, 0.15) is 6.73 Å². The zero-order chi connectivity index (χ0) is 14.1. The molecule has 2 aromatic carbocycles. The minimum atomic E-state index is -0.327. The highest BCUT2D eigenvalue weighted by molar-refractivity contribution is 6.10. The van der Waals surface area contributed by atoms with Gasteiger partial charge >= 0.3 is 5.97 Å². The Hall–Kier alpha value is -2.33. The summed E-state index contributed by atoms with van der Waals surface area (Å²) in [4.78, 5) is 11.3. The van der Waals surface area contributed by atoms with Gasteiger partial charge in [0.15, 0.2) is 5.75 Å². The van der Waals surface area contributed by atoms with Crippen LogP contribution in [0.2, 0.25) is 0 Å². The third-order valence-corrected chi connectivity index (χ3v) is 3.27. The molecule has 0 bridgehead atoms. The van der Waals surface area contributed by atoms with Crippen LogP contribution < -0.4 is 4.74 Å². The molecule has 4 heteroatoms. The first-order valence-corrected chi connectivity index (χ1v) is 6.39. The molecule has 0 aliphatic carbocycles. The second kappa shape index (κ2) is 4.98. The van der Waals surface area contributed by atoms with Gasteiger partial charge in [-0.3, -0.25) is 4.79 Å². The highest BCUT2D eigenvalue weighted by atomic mass is 16.5. The summed E-state index contributed by atoms with van der Waals surface area (Å²) in [5.74, 6) is 0.231. The molecule has 0 amide bonds. The van der Waals surface area contributed by atoms with Crippen LogP contribution in [0.1, 0.15) is 6.92 Å². The lowest BCUT2D eigenvalue weighted by molar-refractivity contribution is -0.131. The molecular formula is C16H15NO3. The Morgan fingerprint density at radius 1 is 1.10 bits per heavy atom. The molecular weight excluding hydrogens is 254 g/mol. The number of ether oxygens (including phenoxy) is 2. The number of carbonyl (C=O) groups is 1. The van der Waals surface area contributed by atoms with Gasteiger partial charge in [0, 0.05) is 24.8 Å². The van der Waals surface area contributed by atoms with Crippen molar-refractivity contribution in [3.63, 3.8) is 0 Å². The summed E-state index contributed by atoms with van der Waals surface area (Å²) in [5, 5.41) is 2.17. The van der Waals surface area contributed by atoms with Crippen LogP contribution in [0.25, 0.3) is 21.8 Å². The predicted octanol–water partition coefficient (Wildman–Crippen LogP) is 3.32. The number of para-hydroxylation sites is 2. The Kier molecular flexibility index (Phi) is 3.16. The standard InChI is InChI=1S/C16H15NO3/c1-11(18)20-15-9-5-7-13-12-6-3-4-8-14(12)17(10-19-2)16(13)15/h3-9H,10H2,1-2H3. The number of fused-ring (bicyclic) bond motifs is 3. The SMILES string of the molecule is COCn1c2ccccc2c2cccc(OC(C)=O)c21. The van der Waals surface area contributed by atoms with E-state index in [9.17, 15) is 4.79 Å². The summed E-state index contributed by atoms with van der Waals surface area (Å²) in [5.41, 5.74) is 1.94. The van der Waals surface area contributed by atoms with Gasteiger partial charge in [0.25, 0.3) is 0 Å². The second-order valence-electron chi connectivity index (χ2n) is 4.61. The monoisotopic (exact) mass is 269 g/mol. The first-order chi connectivity index (χ1) is 9.72. The number of esters is 1. The molecule has 0 saturated carbocycles. The van der Waals surface area contributed by atoms with E-state index in [2.05, 4.69) is 6.07 Å². The van der Waals surface area contributed by atoms with Gasteiger partial charge in [-0.2, -0.15) is 0 Å². The van der Waals surface area contributed by atoms with Gasteiger partial charge in [-0.25, -0.2) is 0 Å². The van der Waals surface area contributed by atoms with Crippen LogP contribution in [-0.4, -0.2) is 17.6 Å². The Bertz CT molecular complexity index is 789. The van der Waals surface area contributed by atoms with Crippen LogP contribution in [-0.2, 0) is 16.3 Å². The average molecular weight is 269 g/mol.